The molecule has 0 saturated heterocycles. The third kappa shape index (κ3) is 2.71. The summed E-state index contributed by atoms with van der Waals surface area (Å²) in [4.78, 5) is 0. The van der Waals surface area contributed by atoms with Crippen LogP contribution in [0.1, 0.15) is 45.1 Å². The van der Waals surface area contributed by atoms with E-state index in [0.717, 1.165) is 30.2 Å². The lowest BCUT2D eigenvalue weighted by atomic mass is 9.56. The second kappa shape index (κ2) is 5.40. The number of ether oxygens (including phenoxy) is 1. The van der Waals surface area contributed by atoms with Crippen molar-refractivity contribution in [3.8, 4) is 5.75 Å². The molecule has 110 valence electrons. The predicted molar refractivity (Wildman–Crippen MR) is 83.3 cm³/mol. The second-order valence-corrected chi connectivity index (χ2v) is 7.08. The summed E-state index contributed by atoms with van der Waals surface area (Å²) in [5, 5.41) is 3.75. The van der Waals surface area contributed by atoms with Crippen molar-refractivity contribution in [1.82, 2.24) is 5.32 Å². The molecule has 0 aliphatic heterocycles. The lowest BCUT2D eigenvalue weighted by Gasteiger charge is -2.50. The Hall–Kier alpha value is -1.02. The Kier molecular flexibility index (Phi) is 3.76. The molecule has 3 rings (SSSR count). The summed E-state index contributed by atoms with van der Waals surface area (Å²) < 4.78 is 5.41. The quantitative estimate of drug-likeness (QED) is 0.852. The molecule has 1 N–H and O–H groups in total. The van der Waals surface area contributed by atoms with Gasteiger partial charge in [-0.2, -0.15) is 0 Å². The zero-order valence-electron chi connectivity index (χ0n) is 13.0. The summed E-state index contributed by atoms with van der Waals surface area (Å²) in [6, 6.07) is 9.49. The Morgan fingerprint density at radius 1 is 1.30 bits per heavy atom. The summed E-state index contributed by atoms with van der Waals surface area (Å²) in [6.45, 7) is 5.84. The van der Waals surface area contributed by atoms with Gasteiger partial charge in [0.25, 0.3) is 0 Å². The minimum absolute atomic E-state index is 0.339. The molecule has 0 aromatic heterocycles. The van der Waals surface area contributed by atoms with E-state index in [2.05, 4.69) is 37.4 Å². The van der Waals surface area contributed by atoms with Crippen molar-refractivity contribution in [2.45, 2.75) is 51.0 Å². The Morgan fingerprint density at radius 3 is 2.65 bits per heavy atom. The van der Waals surface area contributed by atoms with Crippen LogP contribution in [0.25, 0.3) is 0 Å². The molecule has 1 aromatic rings. The maximum absolute atomic E-state index is 5.41. The maximum atomic E-state index is 5.41. The first-order valence-corrected chi connectivity index (χ1v) is 8.01. The Balaban J connectivity index is 1.77. The fourth-order valence-electron chi connectivity index (χ4n) is 3.48. The Labute approximate surface area is 122 Å². The zero-order valence-corrected chi connectivity index (χ0v) is 13.0. The van der Waals surface area contributed by atoms with Gasteiger partial charge >= 0.3 is 0 Å². The number of methoxy groups -OCH3 is 1. The van der Waals surface area contributed by atoms with Gasteiger partial charge in [0, 0.05) is 18.0 Å². The first-order chi connectivity index (χ1) is 9.63. The van der Waals surface area contributed by atoms with Crippen LogP contribution in [0.2, 0.25) is 0 Å². The van der Waals surface area contributed by atoms with Crippen LogP contribution >= 0.6 is 0 Å². The molecule has 2 aliphatic carbocycles. The van der Waals surface area contributed by atoms with Gasteiger partial charge < -0.3 is 10.1 Å². The van der Waals surface area contributed by atoms with Crippen molar-refractivity contribution in [1.29, 1.82) is 0 Å². The lowest BCUT2D eigenvalue weighted by Crippen LogP contribution is -2.50. The van der Waals surface area contributed by atoms with E-state index in [1.807, 2.05) is 6.07 Å². The highest BCUT2D eigenvalue weighted by Crippen LogP contribution is 2.51. The summed E-state index contributed by atoms with van der Waals surface area (Å²) in [5.41, 5.74) is 1.80. The molecule has 2 saturated carbocycles. The molecule has 20 heavy (non-hydrogen) atoms. The number of hydrogen-bond acceptors (Lipinski definition) is 2. The summed E-state index contributed by atoms with van der Waals surface area (Å²) in [7, 11) is 1.76. The van der Waals surface area contributed by atoms with Crippen LogP contribution in [0.3, 0.4) is 0 Å². The molecule has 0 spiro atoms. The van der Waals surface area contributed by atoms with Crippen molar-refractivity contribution >= 4 is 0 Å². The van der Waals surface area contributed by atoms with E-state index in [4.69, 9.17) is 4.74 Å². The molecule has 2 aliphatic rings. The minimum Gasteiger partial charge on any atom is -0.497 e. The van der Waals surface area contributed by atoms with Gasteiger partial charge in [-0.25, -0.2) is 0 Å². The Bertz CT molecular complexity index is 453. The molecule has 2 fully saturated rings. The van der Waals surface area contributed by atoms with E-state index in [9.17, 15) is 0 Å². The number of nitrogens with one attached hydrogen (secondary N) is 1. The van der Waals surface area contributed by atoms with Crippen molar-refractivity contribution in [2.75, 3.05) is 13.7 Å². The van der Waals surface area contributed by atoms with E-state index in [1.165, 1.54) is 31.2 Å². The lowest BCUT2D eigenvalue weighted by molar-refractivity contribution is 0.0971. The first kappa shape index (κ1) is 13.9. The molecule has 2 nitrogen and oxygen atoms in total. The predicted octanol–water partition coefficient (Wildman–Crippen LogP) is 3.75. The fraction of sp³-hybridized carbons (Fsp3) is 0.667. The molecule has 0 radical (unpaired) electrons. The van der Waals surface area contributed by atoms with Gasteiger partial charge in [-0.15, -0.1) is 0 Å². The molecule has 0 heterocycles. The highest BCUT2D eigenvalue weighted by atomic mass is 16.5. The van der Waals surface area contributed by atoms with Gasteiger partial charge in [-0.05, 0) is 55.2 Å². The molecule has 0 unspecified atom stereocenters. The smallest absolute Gasteiger partial charge is 0.119 e. The highest BCUT2D eigenvalue weighted by molar-refractivity contribution is 5.36. The molecule has 0 atom stereocenters. The van der Waals surface area contributed by atoms with Gasteiger partial charge in [-0.3, -0.25) is 0 Å². The normalized spacial score (nSPS) is 29.3. The van der Waals surface area contributed by atoms with E-state index >= 15 is 0 Å². The van der Waals surface area contributed by atoms with Gasteiger partial charge in [0.05, 0.1) is 7.11 Å². The molecule has 2 heteroatoms. The van der Waals surface area contributed by atoms with Crippen molar-refractivity contribution in [3.63, 3.8) is 0 Å². The number of rotatable bonds is 6. The molecule has 0 bridgehead atoms. The topological polar surface area (TPSA) is 21.3 Å². The molecule has 0 amide bonds. The average molecular weight is 273 g/mol. The van der Waals surface area contributed by atoms with Crippen molar-refractivity contribution in [3.05, 3.63) is 29.8 Å². The third-order valence-electron chi connectivity index (χ3n) is 5.24. The number of hydrogen-bond donors (Lipinski definition) is 1. The molecular formula is C18H27NO. The largest absolute Gasteiger partial charge is 0.497 e. The van der Waals surface area contributed by atoms with Gasteiger partial charge in [0.2, 0.25) is 0 Å². The summed E-state index contributed by atoms with van der Waals surface area (Å²) in [5.74, 6) is 2.66. The molecular weight excluding hydrogens is 246 g/mol. The van der Waals surface area contributed by atoms with Crippen LogP contribution in [-0.2, 0) is 5.41 Å². The van der Waals surface area contributed by atoms with Crippen LogP contribution in [0.15, 0.2) is 24.3 Å². The monoisotopic (exact) mass is 273 g/mol. The van der Waals surface area contributed by atoms with E-state index < -0.39 is 0 Å². The van der Waals surface area contributed by atoms with Gasteiger partial charge in [-0.1, -0.05) is 26.0 Å². The Morgan fingerprint density at radius 2 is 2.05 bits per heavy atom. The van der Waals surface area contributed by atoms with Gasteiger partial charge in [0.15, 0.2) is 0 Å². The van der Waals surface area contributed by atoms with E-state index in [0.29, 0.717) is 5.41 Å². The standard InChI is InChI=1S/C18H27NO/c1-13(2)14-10-18(11-14,12-19-16-7-8-16)15-5-4-6-17(9-15)20-3/h4-6,9,13-14,16,19H,7-8,10-12H2,1-3H3. The maximum Gasteiger partial charge on any atom is 0.119 e. The average Bonchev–Trinajstić information content (AvgIpc) is 3.21. The number of benzene rings is 1. The van der Waals surface area contributed by atoms with Crippen LogP contribution in [-0.4, -0.2) is 19.7 Å². The van der Waals surface area contributed by atoms with E-state index in [-0.39, 0.29) is 0 Å². The van der Waals surface area contributed by atoms with Crippen molar-refractivity contribution < 1.29 is 4.74 Å². The van der Waals surface area contributed by atoms with Crippen LogP contribution in [0.4, 0.5) is 0 Å². The summed E-state index contributed by atoms with van der Waals surface area (Å²) in [6.07, 6.45) is 5.36. The van der Waals surface area contributed by atoms with Crippen LogP contribution in [0, 0.1) is 11.8 Å². The van der Waals surface area contributed by atoms with Crippen molar-refractivity contribution in [2.24, 2.45) is 11.8 Å². The van der Waals surface area contributed by atoms with Crippen LogP contribution < -0.4 is 10.1 Å². The minimum atomic E-state index is 0.339. The highest BCUT2D eigenvalue weighted by Gasteiger charge is 2.46. The first-order valence-electron chi connectivity index (χ1n) is 8.01. The fourth-order valence-corrected chi connectivity index (χ4v) is 3.48. The zero-order chi connectivity index (χ0) is 14.2. The second-order valence-electron chi connectivity index (χ2n) is 7.08. The third-order valence-corrected chi connectivity index (χ3v) is 5.24. The van der Waals surface area contributed by atoms with Crippen LogP contribution in [0.5, 0.6) is 5.75 Å². The summed E-state index contributed by atoms with van der Waals surface area (Å²) >= 11 is 0. The van der Waals surface area contributed by atoms with E-state index in [1.54, 1.807) is 7.11 Å². The molecule has 1 aromatic carbocycles. The SMILES string of the molecule is COc1cccc(C2(CNC3CC3)CC(C(C)C)C2)c1. The van der Waals surface area contributed by atoms with Gasteiger partial charge in [0.1, 0.15) is 5.75 Å².